The number of hydrogen-bond donors (Lipinski definition) is 1. The van der Waals surface area contributed by atoms with E-state index in [1.165, 1.54) is 5.56 Å². The van der Waals surface area contributed by atoms with Crippen LogP contribution >= 0.6 is 23.2 Å². The summed E-state index contributed by atoms with van der Waals surface area (Å²) >= 11 is 11.8. The number of carbonyl (C=O) groups excluding carboxylic acids is 1. The van der Waals surface area contributed by atoms with Gasteiger partial charge in [-0.3, -0.25) is 9.69 Å². The highest BCUT2D eigenvalue weighted by atomic mass is 35.5. The highest BCUT2D eigenvalue weighted by molar-refractivity contribution is 6.41. The van der Waals surface area contributed by atoms with Crippen LogP contribution in [0, 0.1) is 0 Å². The first-order valence-electron chi connectivity index (χ1n) is 7.73. The minimum atomic E-state index is -0.0403. The summed E-state index contributed by atoms with van der Waals surface area (Å²) in [5.41, 5.74) is 1.81. The molecule has 0 radical (unpaired) electrons. The number of piperazine rings is 1. The maximum absolute atomic E-state index is 12.4. The third-order valence-corrected chi connectivity index (χ3v) is 4.87. The maximum Gasteiger partial charge on any atom is 0.270 e. The van der Waals surface area contributed by atoms with Gasteiger partial charge in [0, 0.05) is 32.7 Å². The number of benzene rings is 1. The summed E-state index contributed by atoms with van der Waals surface area (Å²) in [7, 11) is 0. The van der Waals surface area contributed by atoms with Gasteiger partial charge in [0.05, 0.1) is 5.02 Å². The molecular formula is C17H19Cl2N3O. The Morgan fingerprint density at radius 2 is 1.78 bits per heavy atom. The number of halogens is 2. The molecule has 4 nitrogen and oxygen atoms in total. The van der Waals surface area contributed by atoms with E-state index in [1.54, 1.807) is 6.07 Å². The Bertz CT molecular complexity index is 644. The number of rotatable bonds is 4. The summed E-state index contributed by atoms with van der Waals surface area (Å²) in [5, 5.41) is 0.702. The second-order valence-corrected chi connectivity index (χ2v) is 6.50. The van der Waals surface area contributed by atoms with Crippen molar-refractivity contribution in [2.75, 3.05) is 32.7 Å². The molecule has 1 fully saturated rings. The Labute approximate surface area is 146 Å². The third-order valence-electron chi connectivity index (χ3n) is 4.17. The molecule has 23 heavy (non-hydrogen) atoms. The Kier molecular flexibility index (Phi) is 5.26. The number of aromatic nitrogens is 1. The van der Waals surface area contributed by atoms with E-state index < -0.39 is 0 Å². The van der Waals surface area contributed by atoms with Gasteiger partial charge in [-0.2, -0.15) is 0 Å². The average molecular weight is 352 g/mol. The normalized spacial score (nSPS) is 15.8. The van der Waals surface area contributed by atoms with Crippen molar-refractivity contribution in [2.45, 2.75) is 6.42 Å². The topological polar surface area (TPSA) is 39.3 Å². The summed E-state index contributed by atoms with van der Waals surface area (Å²) < 4.78 is 0. The van der Waals surface area contributed by atoms with Crippen LogP contribution in [-0.4, -0.2) is 53.4 Å². The van der Waals surface area contributed by atoms with E-state index in [0.29, 0.717) is 15.9 Å². The number of hydrogen-bond acceptors (Lipinski definition) is 2. The number of amides is 1. The van der Waals surface area contributed by atoms with Crippen molar-refractivity contribution in [1.82, 2.24) is 14.8 Å². The van der Waals surface area contributed by atoms with E-state index in [9.17, 15) is 4.79 Å². The van der Waals surface area contributed by atoms with Gasteiger partial charge in [-0.25, -0.2) is 0 Å². The average Bonchev–Trinajstić information content (AvgIpc) is 2.93. The van der Waals surface area contributed by atoms with Crippen LogP contribution in [0.5, 0.6) is 0 Å². The van der Waals surface area contributed by atoms with Gasteiger partial charge in [0.1, 0.15) is 10.8 Å². The van der Waals surface area contributed by atoms with Gasteiger partial charge in [0.25, 0.3) is 5.91 Å². The van der Waals surface area contributed by atoms with Crippen LogP contribution in [-0.2, 0) is 6.42 Å². The van der Waals surface area contributed by atoms with Gasteiger partial charge in [0.15, 0.2) is 0 Å². The largest absolute Gasteiger partial charge is 0.340 e. The zero-order valence-electron chi connectivity index (χ0n) is 12.8. The molecule has 1 saturated heterocycles. The van der Waals surface area contributed by atoms with E-state index >= 15 is 0 Å². The molecular weight excluding hydrogens is 333 g/mol. The molecule has 1 N–H and O–H groups in total. The smallest absolute Gasteiger partial charge is 0.270 e. The van der Waals surface area contributed by atoms with Crippen LogP contribution in [0.25, 0.3) is 0 Å². The fourth-order valence-electron chi connectivity index (χ4n) is 2.80. The minimum Gasteiger partial charge on any atom is -0.340 e. The second-order valence-electron chi connectivity index (χ2n) is 5.71. The summed E-state index contributed by atoms with van der Waals surface area (Å²) in [6.45, 7) is 4.25. The molecule has 2 heterocycles. The van der Waals surface area contributed by atoms with E-state index in [0.717, 1.165) is 39.1 Å². The highest BCUT2D eigenvalue weighted by Gasteiger charge is 2.23. The first-order chi connectivity index (χ1) is 11.1. The van der Waals surface area contributed by atoms with Crippen molar-refractivity contribution >= 4 is 29.1 Å². The summed E-state index contributed by atoms with van der Waals surface area (Å²) in [4.78, 5) is 19.5. The standard InChI is InChI=1S/C17H19Cl2N3O/c18-14-12-15(20-16(14)19)17(23)22-10-8-21(9-11-22)7-6-13-4-2-1-3-5-13/h1-5,12,20H,6-11H2. The van der Waals surface area contributed by atoms with Crippen molar-refractivity contribution in [3.05, 3.63) is 57.8 Å². The van der Waals surface area contributed by atoms with Gasteiger partial charge < -0.3 is 9.88 Å². The molecule has 0 unspecified atom stereocenters. The van der Waals surface area contributed by atoms with Crippen LogP contribution in [0.3, 0.4) is 0 Å². The molecule has 6 heteroatoms. The van der Waals surface area contributed by atoms with E-state index in [-0.39, 0.29) is 5.91 Å². The lowest BCUT2D eigenvalue weighted by atomic mass is 10.1. The van der Waals surface area contributed by atoms with Gasteiger partial charge in [-0.05, 0) is 18.1 Å². The fraction of sp³-hybridized carbons (Fsp3) is 0.353. The summed E-state index contributed by atoms with van der Waals surface area (Å²) in [6, 6.07) is 12.1. The quantitative estimate of drug-likeness (QED) is 0.917. The molecule has 1 aliphatic heterocycles. The first kappa shape index (κ1) is 16.4. The predicted octanol–water partition coefficient (Wildman–Crippen LogP) is 3.32. The summed E-state index contributed by atoms with van der Waals surface area (Å²) in [6.07, 6.45) is 1.04. The number of nitrogens with one attached hydrogen (secondary N) is 1. The van der Waals surface area contributed by atoms with E-state index in [1.807, 2.05) is 11.0 Å². The molecule has 0 saturated carbocycles. The molecule has 1 amide bonds. The first-order valence-corrected chi connectivity index (χ1v) is 8.48. The van der Waals surface area contributed by atoms with Crippen LogP contribution in [0.2, 0.25) is 10.2 Å². The van der Waals surface area contributed by atoms with E-state index in [2.05, 4.69) is 34.1 Å². The Hall–Kier alpha value is -1.49. The van der Waals surface area contributed by atoms with Crippen molar-refractivity contribution in [3.8, 4) is 0 Å². The van der Waals surface area contributed by atoms with Crippen LogP contribution in [0.15, 0.2) is 36.4 Å². The lowest BCUT2D eigenvalue weighted by Crippen LogP contribution is -2.49. The van der Waals surface area contributed by atoms with Gasteiger partial charge in [-0.1, -0.05) is 53.5 Å². The number of H-pyrrole nitrogens is 1. The maximum atomic E-state index is 12.4. The molecule has 2 aromatic rings. The molecule has 0 atom stereocenters. The van der Waals surface area contributed by atoms with Crippen LogP contribution in [0.4, 0.5) is 0 Å². The number of carbonyl (C=O) groups is 1. The molecule has 1 aromatic carbocycles. The van der Waals surface area contributed by atoms with Crippen LogP contribution in [0.1, 0.15) is 16.1 Å². The summed E-state index contributed by atoms with van der Waals surface area (Å²) in [5.74, 6) is -0.0403. The second kappa shape index (κ2) is 7.39. The lowest BCUT2D eigenvalue weighted by molar-refractivity contribution is 0.0633. The molecule has 1 aromatic heterocycles. The zero-order valence-corrected chi connectivity index (χ0v) is 14.3. The predicted molar refractivity (Wildman–Crippen MR) is 93.3 cm³/mol. The monoisotopic (exact) mass is 351 g/mol. The Morgan fingerprint density at radius 3 is 2.39 bits per heavy atom. The Morgan fingerprint density at radius 1 is 1.09 bits per heavy atom. The van der Waals surface area contributed by atoms with Crippen LogP contribution < -0.4 is 0 Å². The fourth-order valence-corrected chi connectivity index (χ4v) is 3.11. The van der Waals surface area contributed by atoms with Gasteiger partial charge in [0.2, 0.25) is 0 Å². The van der Waals surface area contributed by atoms with Crippen molar-refractivity contribution in [1.29, 1.82) is 0 Å². The molecule has 122 valence electrons. The molecule has 1 aliphatic rings. The van der Waals surface area contributed by atoms with Crippen molar-refractivity contribution in [2.24, 2.45) is 0 Å². The van der Waals surface area contributed by atoms with Gasteiger partial charge in [-0.15, -0.1) is 0 Å². The lowest BCUT2D eigenvalue weighted by Gasteiger charge is -2.34. The molecule has 0 aliphatic carbocycles. The highest BCUT2D eigenvalue weighted by Crippen LogP contribution is 2.23. The Balaban J connectivity index is 1.49. The number of nitrogens with zero attached hydrogens (tertiary/aromatic N) is 2. The molecule has 3 rings (SSSR count). The minimum absolute atomic E-state index is 0.0403. The zero-order chi connectivity index (χ0) is 16.2. The van der Waals surface area contributed by atoms with Crippen molar-refractivity contribution < 1.29 is 4.79 Å². The van der Waals surface area contributed by atoms with Crippen molar-refractivity contribution in [3.63, 3.8) is 0 Å². The third kappa shape index (κ3) is 4.08. The van der Waals surface area contributed by atoms with E-state index in [4.69, 9.17) is 23.2 Å². The molecule has 0 bridgehead atoms. The SMILES string of the molecule is O=C(c1cc(Cl)c(Cl)[nH]1)N1CCN(CCc2ccccc2)CC1. The number of aromatic amines is 1. The molecule has 0 spiro atoms. The van der Waals surface area contributed by atoms with Gasteiger partial charge >= 0.3 is 0 Å².